The maximum absolute atomic E-state index is 4.86. The monoisotopic (exact) mass is 432 g/mol. The number of benzene rings is 1. The second-order valence-electron chi connectivity index (χ2n) is 7.73. The van der Waals surface area contributed by atoms with Gasteiger partial charge in [0.1, 0.15) is 0 Å². The van der Waals surface area contributed by atoms with Crippen molar-refractivity contribution in [1.82, 2.24) is 24.6 Å². The van der Waals surface area contributed by atoms with Crippen LogP contribution in [-0.2, 0) is 6.54 Å². The zero-order valence-electron chi connectivity index (χ0n) is 17.5. The zero-order chi connectivity index (χ0) is 21.2. The minimum atomic E-state index is 0.128. The number of fused-ring (bicyclic) bond motifs is 1. The SMILES string of the molecule is CN(C)CCn1cc(Nc2nc(N3N=CCC3c3ccccc3)c3sccc3n2)cn1. The molecular formula is C22H24N8S. The number of hydrazone groups is 1. The Kier molecular flexibility index (Phi) is 5.35. The first-order valence-corrected chi connectivity index (χ1v) is 11.1. The van der Waals surface area contributed by atoms with Crippen LogP contribution in [0.4, 0.5) is 17.5 Å². The summed E-state index contributed by atoms with van der Waals surface area (Å²) in [5.41, 5.74) is 3.00. The molecule has 0 saturated carbocycles. The summed E-state index contributed by atoms with van der Waals surface area (Å²) in [6, 6.07) is 12.6. The van der Waals surface area contributed by atoms with Gasteiger partial charge in [-0.15, -0.1) is 11.3 Å². The van der Waals surface area contributed by atoms with Gasteiger partial charge in [0.25, 0.3) is 0 Å². The second kappa shape index (κ2) is 8.44. The van der Waals surface area contributed by atoms with Crippen LogP contribution in [0.15, 0.2) is 59.3 Å². The molecule has 0 saturated heterocycles. The van der Waals surface area contributed by atoms with E-state index in [0.717, 1.165) is 41.2 Å². The third kappa shape index (κ3) is 4.14. The van der Waals surface area contributed by atoms with Crippen molar-refractivity contribution in [3.05, 3.63) is 59.7 Å². The van der Waals surface area contributed by atoms with Crippen LogP contribution in [0.2, 0.25) is 0 Å². The maximum atomic E-state index is 4.86. The molecule has 0 bridgehead atoms. The quantitative estimate of drug-likeness (QED) is 0.473. The predicted octanol–water partition coefficient (Wildman–Crippen LogP) is 4.13. The Morgan fingerprint density at radius 2 is 2.03 bits per heavy atom. The van der Waals surface area contributed by atoms with Crippen molar-refractivity contribution in [2.24, 2.45) is 5.10 Å². The minimum Gasteiger partial charge on any atom is -0.321 e. The van der Waals surface area contributed by atoms with Gasteiger partial charge in [-0.2, -0.15) is 15.2 Å². The fourth-order valence-corrected chi connectivity index (χ4v) is 4.42. The molecule has 0 aliphatic carbocycles. The number of hydrogen-bond donors (Lipinski definition) is 1. The fraction of sp³-hybridized carbons (Fsp3) is 0.273. The summed E-state index contributed by atoms with van der Waals surface area (Å²) in [4.78, 5) is 11.7. The number of nitrogens with one attached hydrogen (secondary N) is 1. The molecule has 3 aromatic heterocycles. The molecule has 0 spiro atoms. The number of rotatable bonds is 7. The zero-order valence-corrected chi connectivity index (χ0v) is 18.3. The lowest BCUT2D eigenvalue weighted by Crippen LogP contribution is -2.20. The van der Waals surface area contributed by atoms with E-state index in [2.05, 4.69) is 58.8 Å². The van der Waals surface area contributed by atoms with Crippen LogP contribution in [0, 0.1) is 0 Å². The van der Waals surface area contributed by atoms with Crippen molar-refractivity contribution in [3.8, 4) is 0 Å². The molecule has 9 heteroatoms. The van der Waals surface area contributed by atoms with Crippen LogP contribution >= 0.6 is 11.3 Å². The van der Waals surface area contributed by atoms with Gasteiger partial charge in [0, 0.05) is 25.4 Å². The van der Waals surface area contributed by atoms with Crippen molar-refractivity contribution >= 4 is 45.2 Å². The number of aromatic nitrogens is 4. The molecule has 1 N–H and O–H groups in total. The molecule has 31 heavy (non-hydrogen) atoms. The Labute approximate surface area is 184 Å². The Morgan fingerprint density at radius 1 is 1.16 bits per heavy atom. The van der Waals surface area contributed by atoms with Crippen LogP contribution in [-0.4, -0.2) is 51.5 Å². The van der Waals surface area contributed by atoms with E-state index in [1.165, 1.54) is 5.56 Å². The molecule has 1 aliphatic heterocycles. The summed E-state index contributed by atoms with van der Waals surface area (Å²) in [6.07, 6.45) is 6.59. The van der Waals surface area contributed by atoms with Gasteiger partial charge in [-0.1, -0.05) is 30.3 Å². The van der Waals surface area contributed by atoms with Crippen LogP contribution in [0.3, 0.4) is 0 Å². The van der Waals surface area contributed by atoms with E-state index in [4.69, 9.17) is 9.97 Å². The molecule has 1 atom stereocenters. The van der Waals surface area contributed by atoms with Gasteiger partial charge in [0.2, 0.25) is 5.95 Å². The Hall–Kier alpha value is -3.30. The van der Waals surface area contributed by atoms with E-state index >= 15 is 0 Å². The van der Waals surface area contributed by atoms with Crippen molar-refractivity contribution < 1.29 is 0 Å². The predicted molar refractivity (Wildman–Crippen MR) is 126 cm³/mol. The lowest BCUT2D eigenvalue weighted by molar-refractivity contribution is 0.373. The summed E-state index contributed by atoms with van der Waals surface area (Å²) in [5.74, 6) is 1.37. The number of anilines is 3. The van der Waals surface area contributed by atoms with Gasteiger partial charge in [-0.3, -0.25) is 4.68 Å². The Balaban J connectivity index is 1.45. The number of likely N-dealkylation sites (N-methyl/N-ethyl adjacent to an activating group) is 1. The third-order valence-electron chi connectivity index (χ3n) is 5.18. The molecular weight excluding hydrogens is 408 g/mol. The summed E-state index contributed by atoms with van der Waals surface area (Å²) >= 11 is 1.64. The van der Waals surface area contributed by atoms with Gasteiger partial charge >= 0.3 is 0 Å². The molecule has 5 rings (SSSR count). The smallest absolute Gasteiger partial charge is 0.229 e. The summed E-state index contributed by atoms with van der Waals surface area (Å²) < 4.78 is 2.95. The van der Waals surface area contributed by atoms with E-state index in [1.807, 2.05) is 39.6 Å². The number of nitrogens with zero attached hydrogens (tertiary/aromatic N) is 7. The average molecular weight is 433 g/mol. The lowest BCUT2D eigenvalue weighted by atomic mass is 10.0. The first-order valence-electron chi connectivity index (χ1n) is 10.2. The van der Waals surface area contributed by atoms with E-state index in [9.17, 15) is 0 Å². The first-order chi connectivity index (χ1) is 15.2. The minimum absolute atomic E-state index is 0.128. The van der Waals surface area contributed by atoms with Crippen molar-refractivity contribution in [2.45, 2.75) is 19.0 Å². The van der Waals surface area contributed by atoms with E-state index < -0.39 is 0 Å². The van der Waals surface area contributed by atoms with Crippen molar-refractivity contribution in [2.75, 3.05) is 31.0 Å². The second-order valence-corrected chi connectivity index (χ2v) is 8.65. The number of hydrogen-bond acceptors (Lipinski definition) is 8. The average Bonchev–Trinajstić information content (AvgIpc) is 3.53. The topological polar surface area (TPSA) is 74.5 Å². The van der Waals surface area contributed by atoms with E-state index in [0.29, 0.717) is 5.95 Å². The van der Waals surface area contributed by atoms with Gasteiger partial charge < -0.3 is 10.2 Å². The Morgan fingerprint density at radius 3 is 2.87 bits per heavy atom. The summed E-state index contributed by atoms with van der Waals surface area (Å²) in [6.45, 7) is 1.75. The third-order valence-corrected chi connectivity index (χ3v) is 6.08. The van der Waals surface area contributed by atoms with Crippen LogP contribution in [0.1, 0.15) is 18.0 Å². The van der Waals surface area contributed by atoms with Gasteiger partial charge in [-0.05, 0) is 31.1 Å². The molecule has 4 heterocycles. The van der Waals surface area contributed by atoms with E-state index in [-0.39, 0.29) is 6.04 Å². The molecule has 158 valence electrons. The summed E-state index contributed by atoms with van der Waals surface area (Å²) in [7, 11) is 4.11. The molecule has 0 amide bonds. The first kappa shape index (κ1) is 19.7. The highest BCUT2D eigenvalue weighted by Gasteiger charge is 2.27. The van der Waals surface area contributed by atoms with Crippen LogP contribution < -0.4 is 10.3 Å². The Bertz CT molecular complexity index is 1200. The van der Waals surface area contributed by atoms with E-state index in [1.54, 1.807) is 17.5 Å². The highest BCUT2D eigenvalue weighted by Crippen LogP contribution is 2.38. The van der Waals surface area contributed by atoms with Gasteiger partial charge in [0.05, 0.1) is 34.7 Å². The largest absolute Gasteiger partial charge is 0.321 e. The van der Waals surface area contributed by atoms with Crippen molar-refractivity contribution in [3.63, 3.8) is 0 Å². The molecule has 0 radical (unpaired) electrons. The summed E-state index contributed by atoms with van der Waals surface area (Å²) in [5, 5.41) is 16.5. The van der Waals surface area contributed by atoms with Crippen LogP contribution in [0.5, 0.6) is 0 Å². The molecule has 1 unspecified atom stereocenters. The fourth-order valence-electron chi connectivity index (χ4n) is 3.61. The maximum Gasteiger partial charge on any atom is 0.229 e. The highest BCUT2D eigenvalue weighted by atomic mass is 32.1. The lowest BCUT2D eigenvalue weighted by Gasteiger charge is -2.24. The van der Waals surface area contributed by atoms with Crippen LogP contribution in [0.25, 0.3) is 10.2 Å². The molecule has 8 nitrogen and oxygen atoms in total. The molecule has 4 aromatic rings. The highest BCUT2D eigenvalue weighted by molar-refractivity contribution is 7.17. The standard InChI is InChI=1S/C22H24N8S/c1-28(2)11-12-29-15-17(14-24-29)25-22-26-18-9-13-31-20(18)21(27-22)30-19(8-10-23-30)16-6-4-3-5-7-16/h3-7,9-10,13-15,19H,8,11-12H2,1-2H3,(H,25,26,27). The van der Waals surface area contributed by atoms with Crippen molar-refractivity contribution in [1.29, 1.82) is 0 Å². The van der Waals surface area contributed by atoms with Gasteiger partial charge in [-0.25, -0.2) is 9.99 Å². The normalized spacial score (nSPS) is 16.0. The number of thiophene rings is 1. The molecule has 1 aliphatic rings. The molecule has 1 aromatic carbocycles. The van der Waals surface area contributed by atoms with Gasteiger partial charge in [0.15, 0.2) is 5.82 Å². The molecule has 0 fully saturated rings.